The van der Waals surface area contributed by atoms with Crippen molar-refractivity contribution < 1.29 is 9.59 Å². The molecule has 2 aromatic carbocycles. The van der Waals surface area contributed by atoms with Gasteiger partial charge in [-0.15, -0.1) is 0 Å². The molecule has 6 heteroatoms. The Morgan fingerprint density at radius 1 is 0.968 bits per heavy atom. The highest BCUT2D eigenvalue weighted by atomic mass is 16.2. The van der Waals surface area contributed by atoms with Crippen molar-refractivity contribution in [2.75, 3.05) is 36.4 Å². The molecule has 3 aromatic rings. The first-order chi connectivity index (χ1) is 14.9. The van der Waals surface area contributed by atoms with Crippen LogP contribution in [0.25, 0.3) is 10.9 Å². The van der Waals surface area contributed by atoms with Crippen molar-refractivity contribution in [1.29, 1.82) is 0 Å². The summed E-state index contributed by atoms with van der Waals surface area (Å²) < 4.78 is 0. The molecule has 1 N–H and O–H groups in total. The molecule has 4 rings (SSSR count). The van der Waals surface area contributed by atoms with Crippen molar-refractivity contribution in [2.24, 2.45) is 0 Å². The van der Waals surface area contributed by atoms with Gasteiger partial charge in [0.2, 0.25) is 11.8 Å². The maximum Gasteiger partial charge on any atom is 0.227 e. The number of piperazine rings is 1. The molecule has 0 saturated carbocycles. The van der Waals surface area contributed by atoms with E-state index in [0.717, 1.165) is 35.7 Å². The number of pyridine rings is 1. The van der Waals surface area contributed by atoms with E-state index >= 15 is 0 Å². The largest absolute Gasteiger partial charge is 0.353 e. The van der Waals surface area contributed by atoms with Gasteiger partial charge in [0.1, 0.15) is 5.82 Å². The van der Waals surface area contributed by atoms with E-state index in [9.17, 15) is 9.59 Å². The first kappa shape index (κ1) is 20.8. The number of nitrogens with zero attached hydrogens (tertiary/aromatic N) is 3. The number of anilines is 2. The fraction of sp³-hybridized carbons (Fsp3) is 0.320. The van der Waals surface area contributed by atoms with Crippen molar-refractivity contribution >= 4 is 34.2 Å². The van der Waals surface area contributed by atoms with Crippen LogP contribution in [0.4, 0.5) is 11.5 Å². The minimum Gasteiger partial charge on any atom is -0.353 e. The molecule has 2 heterocycles. The molecule has 1 aromatic heterocycles. The summed E-state index contributed by atoms with van der Waals surface area (Å²) in [6.07, 6.45) is 0.368. The Kier molecular flexibility index (Phi) is 5.89. The number of benzene rings is 2. The topological polar surface area (TPSA) is 65.5 Å². The molecule has 1 aliphatic heterocycles. The number of fused-ring (bicyclic) bond motifs is 1. The predicted octanol–water partition coefficient (Wildman–Crippen LogP) is 3.70. The summed E-state index contributed by atoms with van der Waals surface area (Å²) in [5.74, 6) is 1.01. The van der Waals surface area contributed by atoms with Crippen LogP contribution in [0.3, 0.4) is 0 Å². The quantitative estimate of drug-likeness (QED) is 0.704. The molecule has 1 saturated heterocycles. The smallest absolute Gasteiger partial charge is 0.227 e. The number of hydrogen-bond donors (Lipinski definition) is 1. The number of aromatic nitrogens is 1. The fourth-order valence-corrected chi connectivity index (χ4v) is 4.09. The lowest BCUT2D eigenvalue weighted by molar-refractivity contribution is -0.130. The molecule has 31 heavy (non-hydrogen) atoms. The molecular formula is C25H28N4O2. The summed E-state index contributed by atoms with van der Waals surface area (Å²) >= 11 is 0. The number of amides is 2. The van der Waals surface area contributed by atoms with E-state index in [2.05, 4.69) is 48.3 Å². The lowest BCUT2D eigenvalue weighted by Crippen LogP contribution is -2.49. The van der Waals surface area contributed by atoms with Gasteiger partial charge in [0.15, 0.2) is 0 Å². The number of carbonyl (C=O) groups is 2. The Bertz CT molecular complexity index is 1120. The number of aryl methyl sites for hydroxylation is 2. The predicted molar refractivity (Wildman–Crippen MR) is 124 cm³/mol. The number of para-hydroxylation sites is 1. The van der Waals surface area contributed by atoms with Gasteiger partial charge in [0, 0.05) is 44.2 Å². The highest BCUT2D eigenvalue weighted by Crippen LogP contribution is 2.25. The van der Waals surface area contributed by atoms with Crippen molar-refractivity contribution in [3.63, 3.8) is 0 Å². The second-order valence-corrected chi connectivity index (χ2v) is 8.19. The van der Waals surface area contributed by atoms with Crippen LogP contribution in [0.5, 0.6) is 0 Å². The standard InChI is InChI=1S/C25H28N4O2/c1-17-5-4-6-22-18(2)15-23(27-25(17)22)28-11-13-29(14-12-28)24(31)16-20-7-9-21(10-8-20)26-19(3)30/h4-10,15H,11-14,16H2,1-3H3,(H,26,30). The Hall–Kier alpha value is -3.41. The van der Waals surface area contributed by atoms with Crippen molar-refractivity contribution in [3.8, 4) is 0 Å². The van der Waals surface area contributed by atoms with Gasteiger partial charge in [0.05, 0.1) is 11.9 Å². The van der Waals surface area contributed by atoms with Crippen LogP contribution in [0.1, 0.15) is 23.6 Å². The molecule has 0 aliphatic carbocycles. The number of rotatable bonds is 4. The zero-order valence-corrected chi connectivity index (χ0v) is 18.3. The summed E-state index contributed by atoms with van der Waals surface area (Å²) in [6, 6.07) is 15.9. The zero-order chi connectivity index (χ0) is 22.0. The third-order valence-corrected chi connectivity index (χ3v) is 5.82. The summed E-state index contributed by atoms with van der Waals surface area (Å²) in [5, 5.41) is 3.94. The van der Waals surface area contributed by atoms with Crippen molar-refractivity contribution in [1.82, 2.24) is 9.88 Å². The molecular weight excluding hydrogens is 388 g/mol. The normalized spacial score (nSPS) is 14.0. The van der Waals surface area contributed by atoms with E-state index in [-0.39, 0.29) is 11.8 Å². The van der Waals surface area contributed by atoms with Crippen LogP contribution in [0, 0.1) is 13.8 Å². The zero-order valence-electron chi connectivity index (χ0n) is 18.3. The average molecular weight is 417 g/mol. The second kappa shape index (κ2) is 8.76. The lowest BCUT2D eigenvalue weighted by atomic mass is 10.1. The lowest BCUT2D eigenvalue weighted by Gasteiger charge is -2.35. The molecule has 0 atom stereocenters. The number of carbonyl (C=O) groups excluding carboxylic acids is 2. The molecule has 0 unspecified atom stereocenters. The van der Waals surface area contributed by atoms with Crippen LogP contribution in [0.15, 0.2) is 48.5 Å². The van der Waals surface area contributed by atoms with Gasteiger partial charge < -0.3 is 15.1 Å². The highest BCUT2D eigenvalue weighted by molar-refractivity contribution is 5.89. The van der Waals surface area contributed by atoms with E-state index in [4.69, 9.17) is 4.98 Å². The van der Waals surface area contributed by atoms with Gasteiger partial charge in [-0.3, -0.25) is 9.59 Å². The van der Waals surface area contributed by atoms with E-state index in [1.165, 1.54) is 23.4 Å². The molecule has 1 aliphatic rings. The summed E-state index contributed by atoms with van der Waals surface area (Å²) in [5.41, 5.74) is 5.15. The molecule has 0 bridgehead atoms. The Morgan fingerprint density at radius 2 is 1.68 bits per heavy atom. The van der Waals surface area contributed by atoms with Gasteiger partial charge in [-0.25, -0.2) is 4.98 Å². The Balaban J connectivity index is 1.38. The number of nitrogens with one attached hydrogen (secondary N) is 1. The highest BCUT2D eigenvalue weighted by Gasteiger charge is 2.22. The molecule has 6 nitrogen and oxygen atoms in total. The summed E-state index contributed by atoms with van der Waals surface area (Å²) in [6.45, 7) is 8.63. The maximum atomic E-state index is 12.8. The SMILES string of the molecule is CC(=O)Nc1ccc(CC(=O)N2CCN(c3cc(C)c4cccc(C)c4n3)CC2)cc1. The van der Waals surface area contributed by atoms with Crippen LogP contribution in [-0.4, -0.2) is 47.9 Å². The van der Waals surface area contributed by atoms with E-state index in [1.54, 1.807) is 0 Å². The van der Waals surface area contributed by atoms with Gasteiger partial charge in [-0.1, -0.05) is 30.3 Å². The van der Waals surface area contributed by atoms with Crippen molar-refractivity contribution in [3.05, 3.63) is 65.2 Å². The second-order valence-electron chi connectivity index (χ2n) is 8.19. The monoisotopic (exact) mass is 416 g/mol. The third kappa shape index (κ3) is 4.68. The molecule has 0 spiro atoms. The van der Waals surface area contributed by atoms with E-state index < -0.39 is 0 Å². The molecule has 1 fully saturated rings. The van der Waals surface area contributed by atoms with Gasteiger partial charge >= 0.3 is 0 Å². The maximum absolute atomic E-state index is 12.8. The van der Waals surface area contributed by atoms with E-state index in [1.807, 2.05) is 29.2 Å². The van der Waals surface area contributed by atoms with Crippen LogP contribution < -0.4 is 10.2 Å². The summed E-state index contributed by atoms with van der Waals surface area (Å²) in [7, 11) is 0. The Labute approximate surface area is 182 Å². The van der Waals surface area contributed by atoms with Gasteiger partial charge in [0.25, 0.3) is 0 Å². The fourth-order valence-electron chi connectivity index (χ4n) is 4.09. The Morgan fingerprint density at radius 3 is 2.35 bits per heavy atom. The molecule has 2 amide bonds. The molecule has 160 valence electrons. The van der Waals surface area contributed by atoms with Gasteiger partial charge in [-0.2, -0.15) is 0 Å². The summed E-state index contributed by atoms with van der Waals surface area (Å²) in [4.78, 5) is 33.0. The minimum absolute atomic E-state index is 0.104. The first-order valence-electron chi connectivity index (χ1n) is 10.7. The van der Waals surface area contributed by atoms with Crippen LogP contribution in [0.2, 0.25) is 0 Å². The number of hydrogen-bond acceptors (Lipinski definition) is 4. The molecule has 0 radical (unpaired) electrons. The van der Waals surface area contributed by atoms with Crippen LogP contribution in [-0.2, 0) is 16.0 Å². The third-order valence-electron chi connectivity index (χ3n) is 5.82. The minimum atomic E-state index is -0.104. The van der Waals surface area contributed by atoms with Crippen LogP contribution >= 0.6 is 0 Å². The van der Waals surface area contributed by atoms with Gasteiger partial charge in [-0.05, 0) is 48.7 Å². The van der Waals surface area contributed by atoms with E-state index in [0.29, 0.717) is 19.5 Å². The average Bonchev–Trinajstić information content (AvgIpc) is 2.75. The van der Waals surface area contributed by atoms with Crippen molar-refractivity contribution in [2.45, 2.75) is 27.2 Å². The first-order valence-corrected chi connectivity index (χ1v) is 10.7.